The molecule has 20 heavy (non-hydrogen) atoms. The third-order valence-electron chi connectivity index (χ3n) is 6.16. The lowest BCUT2D eigenvalue weighted by Gasteiger charge is -2.64. The minimum absolute atomic E-state index is 0.431. The fourth-order valence-corrected chi connectivity index (χ4v) is 5.16. The molecule has 0 amide bonds. The molecule has 0 saturated heterocycles. The van der Waals surface area contributed by atoms with Crippen LogP contribution in [-0.2, 0) is 6.42 Å². The predicted octanol–water partition coefficient (Wildman–Crippen LogP) is 3.75. The van der Waals surface area contributed by atoms with Crippen LogP contribution in [0, 0.1) is 11.3 Å². The van der Waals surface area contributed by atoms with E-state index in [-0.39, 0.29) is 0 Å². The van der Waals surface area contributed by atoms with Crippen molar-refractivity contribution < 1.29 is 4.74 Å². The maximum atomic E-state index is 5.46. The van der Waals surface area contributed by atoms with Gasteiger partial charge >= 0.3 is 0 Å². The molecule has 1 aromatic carbocycles. The smallest absolute Gasteiger partial charge is 0.119 e. The van der Waals surface area contributed by atoms with E-state index in [0.29, 0.717) is 17.4 Å². The van der Waals surface area contributed by atoms with Crippen molar-refractivity contribution in [2.45, 2.75) is 51.5 Å². The highest BCUT2D eigenvalue weighted by molar-refractivity contribution is 5.44. The molecule has 2 aliphatic rings. The molecule has 0 aromatic heterocycles. The standard InChI is InChI=1S/C18H27NO/c1-5-18(6-2)16-14(17(18)19-3)10-8-12-7-9-13(20-4)11-15(12)16/h7,9,11,14,16-17,19H,5-6,8,10H2,1-4H3. The van der Waals surface area contributed by atoms with E-state index in [2.05, 4.69) is 44.4 Å². The zero-order valence-electron chi connectivity index (χ0n) is 13.2. The zero-order valence-corrected chi connectivity index (χ0v) is 13.2. The van der Waals surface area contributed by atoms with Gasteiger partial charge in [0.15, 0.2) is 0 Å². The number of hydrogen-bond donors (Lipinski definition) is 1. The van der Waals surface area contributed by atoms with Gasteiger partial charge in [0.25, 0.3) is 0 Å². The van der Waals surface area contributed by atoms with Crippen LogP contribution in [0.5, 0.6) is 5.75 Å². The number of methoxy groups -OCH3 is 1. The Bertz CT molecular complexity index is 492. The Morgan fingerprint density at radius 3 is 2.65 bits per heavy atom. The molecule has 3 unspecified atom stereocenters. The van der Waals surface area contributed by atoms with E-state index in [0.717, 1.165) is 11.7 Å². The van der Waals surface area contributed by atoms with Crippen molar-refractivity contribution in [2.24, 2.45) is 11.3 Å². The van der Waals surface area contributed by atoms with Gasteiger partial charge in [-0.1, -0.05) is 19.9 Å². The van der Waals surface area contributed by atoms with E-state index in [1.807, 2.05) is 0 Å². The Labute approximate surface area is 122 Å². The Morgan fingerprint density at radius 1 is 1.30 bits per heavy atom. The van der Waals surface area contributed by atoms with Crippen LogP contribution in [0.25, 0.3) is 0 Å². The summed E-state index contributed by atoms with van der Waals surface area (Å²) >= 11 is 0. The molecule has 0 aliphatic heterocycles. The summed E-state index contributed by atoms with van der Waals surface area (Å²) < 4.78 is 5.46. The fraction of sp³-hybridized carbons (Fsp3) is 0.667. The van der Waals surface area contributed by atoms with Crippen molar-refractivity contribution >= 4 is 0 Å². The van der Waals surface area contributed by atoms with Gasteiger partial charge in [0.1, 0.15) is 5.75 Å². The summed E-state index contributed by atoms with van der Waals surface area (Å²) in [5.74, 6) is 2.53. The van der Waals surface area contributed by atoms with Crippen molar-refractivity contribution in [2.75, 3.05) is 14.2 Å². The van der Waals surface area contributed by atoms with E-state index in [4.69, 9.17) is 4.74 Å². The van der Waals surface area contributed by atoms with Crippen LogP contribution in [0.4, 0.5) is 0 Å². The summed E-state index contributed by atoms with van der Waals surface area (Å²) in [5, 5.41) is 3.62. The lowest BCUT2D eigenvalue weighted by Crippen LogP contribution is -2.65. The summed E-state index contributed by atoms with van der Waals surface area (Å²) in [7, 11) is 3.91. The van der Waals surface area contributed by atoms with Crippen LogP contribution in [0.15, 0.2) is 18.2 Å². The molecule has 1 N–H and O–H groups in total. The lowest BCUT2D eigenvalue weighted by atomic mass is 9.43. The Balaban J connectivity index is 2.05. The topological polar surface area (TPSA) is 21.3 Å². The molecule has 2 aliphatic carbocycles. The summed E-state index contributed by atoms with van der Waals surface area (Å²) in [6, 6.07) is 7.39. The second-order valence-electron chi connectivity index (χ2n) is 6.45. The normalized spacial score (nSPS) is 30.1. The third-order valence-corrected chi connectivity index (χ3v) is 6.16. The van der Waals surface area contributed by atoms with Gasteiger partial charge in [0.2, 0.25) is 0 Å². The minimum Gasteiger partial charge on any atom is -0.497 e. The first-order valence-electron chi connectivity index (χ1n) is 8.05. The summed E-state index contributed by atoms with van der Waals surface area (Å²) in [6.07, 6.45) is 5.07. The third kappa shape index (κ3) is 1.67. The quantitative estimate of drug-likeness (QED) is 0.902. The lowest BCUT2D eigenvalue weighted by molar-refractivity contribution is -0.0546. The Hall–Kier alpha value is -1.02. The van der Waals surface area contributed by atoms with E-state index in [1.165, 1.54) is 25.7 Å². The van der Waals surface area contributed by atoms with Crippen LogP contribution in [0.2, 0.25) is 0 Å². The van der Waals surface area contributed by atoms with Crippen LogP contribution >= 0.6 is 0 Å². The van der Waals surface area contributed by atoms with Gasteiger partial charge in [-0.15, -0.1) is 0 Å². The van der Waals surface area contributed by atoms with Gasteiger partial charge in [0, 0.05) is 6.04 Å². The molecular formula is C18H27NO. The average molecular weight is 273 g/mol. The molecule has 1 fully saturated rings. The van der Waals surface area contributed by atoms with Crippen molar-refractivity contribution in [1.29, 1.82) is 0 Å². The van der Waals surface area contributed by atoms with Crippen molar-refractivity contribution in [3.05, 3.63) is 29.3 Å². The second-order valence-corrected chi connectivity index (χ2v) is 6.45. The van der Waals surface area contributed by atoms with Crippen molar-refractivity contribution in [3.8, 4) is 5.75 Å². The number of benzene rings is 1. The zero-order chi connectivity index (χ0) is 14.3. The maximum absolute atomic E-state index is 5.46. The number of fused-ring (bicyclic) bond motifs is 3. The van der Waals surface area contributed by atoms with E-state index < -0.39 is 0 Å². The molecule has 0 radical (unpaired) electrons. The van der Waals surface area contributed by atoms with Crippen LogP contribution in [0.1, 0.15) is 50.2 Å². The van der Waals surface area contributed by atoms with Gasteiger partial charge in [-0.2, -0.15) is 0 Å². The first-order valence-corrected chi connectivity index (χ1v) is 8.05. The Kier molecular flexibility index (Phi) is 3.53. The van der Waals surface area contributed by atoms with Gasteiger partial charge in [0.05, 0.1) is 7.11 Å². The van der Waals surface area contributed by atoms with Gasteiger partial charge < -0.3 is 10.1 Å². The summed E-state index contributed by atoms with van der Waals surface area (Å²) in [6.45, 7) is 4.72. The van der Waals surface area contributed by atoms with Gasteiger partial charge in [-0.3, -0.25) is 0 Å². The molecule has 1 saturated carbocycles. The number of rotatable bonds is 4. The SMILES string of the molecule is CCC1(CC)C(NC)C2CCc3ccc(OC)cc3C21. The monoisotopic (exact) mass is 273 g/mol. The highest BCUT2D eigenvalue weighted by Crippen LogP contribution is 2.64. The van der Waals surface area contributed by atoms with Crippen LogP contribution in [-0.4, -0.2) is 20.2 Å². The largest absolute Gasteiger partial charge is 0.497 e. The van der Waals surface area contributed by atoms with E-state index in [1.54, 1.807) is 18.2 Å². The molecular weight excluding hydrogens is 246 g/mol. The highest BCUT2D eigenvalue weighted by atomic mass is 16.5. The highest BCUT2D eigenvalue weighted by Gasteiger charge is 2.60. The minimum atomic E-state index is 0.431. The second kappa shape index (κ2) is 5.07. The number of aryl methyl sites for hydroxylation is 1. The van der Waals surface area contributed by atoms with Crippen molar-refractivity contribution in [3.63, 3.8) is 0 Å². The summed E-state index contributed by atoms with van der Waals surface area (Å²) in [5.41, 5.74) is 3.55. The van der Waals surface area contributed by atoms with E-state index >= 15 is 0 Å². The molecule has 1 aromatic rings. The molecule has 0 spiro atoms. The van der Waals surface area contributed by atoms with Crippen molar-refractivity contribution in [1.82, 2.24) is 5.32 Å². The number of hydrogen-bond acceptors (Lipinski definition) is 2. The van der Waals surface area contributed by atoms with Crippen LogP contribution in [0.3, 0.4) is 0 Å². The maximum Gasteiger partial charge on any atom is 0.119 e. The molecule has 110 valence electrons. The number of nitrogens with one attached hydrogen (secondary N) is 1. The Morgan fingerprint density at radius 2 is 2.05 bits per heavy atom. The molecule has 2 heteroatoms. The first-order chi connectivity index (χ1) is 9.71. The molecule has 0 bridgehead atoms. The number of ether oxygens (including phenoxy) is 1. The fourth-order valence-electron chi connectivity index (χ4n) is 5.16. The van der Waals surface area contributed by atoms with E-state index in [9.17, 15) is 0 Å². The van der Waals surface area contributed by atoms with Crippen LogP contribution < -0.4 is 10.1 Å². The molecule has 0 heterocycles. The van der Waals surface area contributed by atoms with Gasteiger partial charge in [-0.25, -0.2) is 0 Å². The van der Waals surface area contributed by atoms with Gasteiger partial charge in [-0.05, 0) is 73.2 Å². The molecule has 2 nitrogen and oxygen atoms in total. The summed E-state index contributed by atoms with van der Waals surface area (Å²) in [4.78, 5) is 0. The average Bonchev–Trinajstić information content (AvgIpc) is 2.48. The molecule has 3 rings (SSSR count). The predicted molar refractivity (Wildman–Crippen MR) is 83.4 cm³/mol. The first kappa shape index (κ1) is 13.9. The molecule has 3 atom stereocenters.